The Morgan fingerprint density at radius 2 is 2.08 bits per heavy atom. The van der Waals surface area contributed by atoms with Crippen LogP contribution < -0.4 is 4.90 Å². The zero-order chi connectivity index (χ0) is 18.1. The van der Waals surface area contributed by atoms with Gasteiger partial charge in [0.25, 0.3) is 5.91 Å². The lowest BCUT2D eigenvalue weighted by Gasteiger charge is -2.20. The smallest absolute Gasteiger partial charge is 0.263 e. The summed E-state index contributed by atoms with van der Waals surface area (Å²) >= 11 is 15.2. The maximum absolute atomic E-state index is 14.1. The van der Waals surface area contributed by atoms with E-state index in [9.17, 15) is 9.18 Å². The van der Waals surface area contributed by atoms with Gasteiger partial charge in [-0.3, -0.25) is 9.69 Å². The number of anilines is 1. The van der Waals surface area contributed by atoms with Crippen LogP contribution in [0.15, 0.2) is 47.3 Å². The molecular weight excluding hydrogens is 434 g/mol. The van der Waals surface area contributed by atoms with E-state index >= 15 is 0 Å². The van der Waals surface area contributed by atoms with Crippen LogP contribution in [0.1, 0.15) is 10.4 Å². The molecule has 25 heavy (non-hydrogen) atoms. The topological polar surface area (TPSA) is 51.0 Å². The molecule has 0 bridgehead atoms. The van der Waals surface area contributed by atoms with Crippen molar-refractivity contribution < 1.29 is 9.18 Å². The molecular formula is C16H10BrCl2FN4O. The van der Waals surface area contributed by atoms with Crippen molar-refractivity contribution in [2.24, 2.45) is 0 Å². The van der Waals surface area contributed by atoms with Gasteiger partial charge >= 0.3 is 0 Å². The molecule has 2 aromatic heterocycles. The fraction of sp³-hybridized carbons (Fsp3) is 0.0625. The van der Waals surface area contributed by atoms with Crippen molar-refractivity contribution in [3.63, 3.8) is 0 Å². The van der Waals surface area contributed by atoms with Gasteiger partial charge in [0.1, 0.15) is 11.5 Å². The van der Waals surface area contributed by atoms with Crippen LogP contribution in [0.2, 0.25) is 10.0 Å². The van der Waals surface area contributed by atoms with Crippen molar-refractivity contribution in [1.29, 1.82) is 0 Å². The first-order valence-electron chi connectivity index (χ1n) is 6.96. The molecule has 5 nitrogen and oxygen atoms in total. The van der Waals surface area contributed by atoms with E-state index in [0.29, 0.717) is 15.2 Å². The molecule has 0 saturated heterocycles. The lowest BCUT2D eigenvalue weighted by atomic mass is 10.2. The summed E-state index contributed by atoms with van der Waals surface area (Å²) in [6.45, 7) is 0. The molecule has 0 radical (unpaired) electrons. The number of rotatable bonds is 3. The molecule has 9 heteroatoms. The van der Waals surface area contributed by atoms with Crippen molar-refractivity contribution in [3.8, 4) is 5.69 Å². The van der Waals surface area contributed by atoms with E-state index < -0.39 is 11.7 Å². The van der Waals surface area contributed by atoms with Gasteiger partial charge in [0.05, 0.1) is 21.8 Å². The van der Waals surface area contributed by atoms with Gasteiger partial charge in [-0.15, -0.1) is 0 Å². The van der Waals surface area contributed by atoms with Gasteiger partial charge < -0.3 is 0 Å². The minimum atomic E-state index is -0.704. The minimum Gasteiger partial charge on any atom is -0.294 e. The monoisotopic (exact) mass is 442 g/mol. The molecule has 128 valence electrons. The second kappa shape index (κ2) is 7.11. The molecule has 0 fully saturated rings. The molecule has 0 aliphatic heterocycles. The molecule has 0 saturated carbocycles. The van der Waals surface area contributed by atoms with Crippen LogP contribution in [0.3, 0.4) is 0 Å². The Labute approximate surface area is 161 Å². The van der Waals surface area contributed by atoms with Gasteiger partial charge in [-0.25, -0.2) is 14.1 Å². The average molecular weight is 444 g/mol. The lowest BCUT2D eigenvalue weighted by molar-refractivity contribution is 0.0988. The van der Waals surface area contributed by atoms with Gasteiger partial charge in [-0.05, 0) is 34.1 Å². The maximum Gasteiger partial charge on any atom is 0.263 e. The zero-order valence-electron chi connectivity index (χ0n) is 12.8. The Kier molecular flexibility index (Phi) is 5.08. The molecule has 0 N–H and O–H groups in total. The van der Waals surface area contributed by atoms with E-state index in [-0.39, 0.29) is 16.4 Å². The van der Waals surface area contributed by atoms with Gasteiger partial charge in [0.2, 0.25) is 0 Å². The van der Waals surface area contributed by atoms with E-state index in [1.54, 1.807) is 12.3 Å². The van der Waals surface area contributed by atoms with Crippen LogP contribution in [0.25, 0.3) is 5.69 Å². The Morgan fingerprint density at radius 3 is 2.72 bits per heavy atom. The summed E-state index contributed by atoms with van der Waals surface area (Å²) in [6.07, 6.45) is 4.56. The quantitative estimate of drug-likeness (QED) is 0.586. The normalized spacial score (nSPS) is 10.8. The first-order chi connectivity index (χ1) is 11.9. The summed E-state index contributed by atoms with van der Waals surface area (Å²) in [6, 6.07) is 5.78. The minimum absolute atomic E-state index is 0.0256. The van der Waals surface area contributed by atoms with Crippen LogP contribution >= 0.6 is 39.1 Å². The fourth-order valence-corrected chi connectivity index (χ4v) is 2.95. The number of aromatic nitrogens is 3. The van der Waals surface area contributed by atoms with Gasteiger partial charge in [0, 0.05) is 23.9 Å². The van der Waals surface area contributed by atoms with Crippen LogP contribution in [0, 0.1) is 5.82 Å². The van der Waals surface area contributed by atoms with Gasteiger partial charge in [-0.2, -0.15) is 5.10 Å². The summed E-state index contributed by atoms with van der Waals surface area (Å²) in [4.78, 5) is 18.2. The number of carbonyl (C=O) groups excluding carboxylic acids is 1. The number of amides is 1. The molecule has 2 heterocycles. The first kappa shape index (κ1) is 17.8. The number of carbonyl (C=O) groups is 1. The van der Waals surface area contributed by atoms with Crippen LogP contribution in [-0.2, 0) is 0 Å². The third kappa shape index (κ3) is 3.53. The predicted molar refractivity (Wildman–Crippen MR) is 98.2 cm³/mol. The maximum atomic E-state index is 14.1. The van der Waals surface area contributed by atoms with Gasteiger partial charge in [-0.1, -0.05) is 29.3 Å². The zero-order valence-corrected chi connectivity index (χ0v) is 15.8. The molecule has 0 unspecified atom stereocenters. The summed E-state index contributed by atoms with van der Waals surface area (Å²) in [5, 5.41) is 4.58. The number of nitrogens with zero attached hydrogens (tertiary/aromatic N) is 4. The highest BCUT2D eigenvalue weighted by Crippen LogP contribution is 2.28. The highest BCUT2D eigenvalue weighted by atomic mass is 79.9. The van der Waals surface area contributed by atoms with Crippen molar-refractivity contribution >= 4 is 50.9 Å². The molecule has 3 aromatic rings. The summed E-state index contributed by atoms with van der Waals surface area (Å²) in [7, 11) is 1.48. The Bertz CT molecular complexity index is 943. The molecule has 0 aliphatic rings. The number of pyridine rings is 1. The van der Waals surface area contributed by atoms with E-state index in [1.165, 1.54) is 47.2 Å². The van der Waals surface area contributed by atoms with Crippen LogP contribution in [0.5, 0.6) is 0 Å². The third-order valence-electron chi connectivity index (χ3n) is 3.41. The number of benzene rings is 1. The molecule has 0 aliphatic carbocycles. The molecule has 0 spiro atoms. The average Bonchev–Trinajstić information content (AvgIpc) is 3.00. The van der Waals surface area contributed by atoms with E-state index in [1.807, 2.05) is 0 Å². The third-order valence-corrected chi connectivity index (χ3v) is 4.35. The summed E-state index contributed by atoms with van der Waals surface area (Å²) in [5.41, 5.74) is 0.269. The first-order valence-corrected chi connectivity index (χ1v) is 8.51. The Hall–Kier alpha value is -1.96. The molecule has 3 rings (SSSR count). The van der Waals surface area contributed by atoms with Crippen LogP contribution in [0.4, 0.5) is 10.2 Å². The Morgan fingerprint density at radius 1 is 1.32 bits per heavy atom. The summed E-state index contributed by atoms with van der Waals surface area (Å²) < 4.78 is 16.2. The second-order valence-electron chi connectivity index (χ2n) is 5.06. The van der Waals surface area contributed by atoms with Crippen LogP contribution in [-0.4, -0.2) is 27.7 Å². The van der Waals surface area contributed by atoms with E-state index in [2.05, 4.69) is 26.0 Å². The van der Waals surface area contributed by atoms with Crippen molar-refractivity contribution in [2.45, 2.75) is 0 Å². The number of hydrogen-bond acceptors (Lipinski definition) is 3. The van der Waals surface area contributed by atoms with E-state index in [4.69, 9.17) is 23.2 Å². The Balaban J connectivity index is 2.09. The summed E-state index contributed by atoms with van der Waals surface area (Å²) in [5.74, 6) is -1.06. The highest BCUT2D eigenvalue weighted by molar-refractivity contribution is 9.10. The number of hydrogen-bond donors (Lipinski definition) is 0. The van der Waals surface area contributed by atoms with Crippen molar-refractivity contribution in [3.05, 3.63) is 68.8 Å². The largest absolute Gasteiger partial charge is 0.294 e. The highest BCUT2D eigenvalue weighted by Gasteiger charge is 2.24. The standard InChI is InChI=1S/C16H10BrCl2FN4O/c1-23(16(25)14-11(19)3-2-4-12(14)20)15-13(5-9(17)6-21-15)24-8-10(18)7-22-24/h2-8H,1H3. The van der Waals surface area contributed by atoms with Crippen molar-refractivity contribution in [2.75, 3.05) is 11.9 Å². The van der Waals surface area contributed by atoms with Gasteiger partial charge in [0.15, 0.2) is 5.82 Å². The SMILES string of the molecule is CN(C(=O)c1c(F)cccc1Cl)c1ncc(Br)cc1-n1cc(Cl)cn1. The predicted octanol–water partition coefficient (Wildman–Crippen LogP) is 4.75. The number of halogens is 4. The lowest BCUT2D eigenvalue weighted by Crippen LogP contribution is -2.29. The fourth-order valence-electron chi connectivity index (χ4n) is 2.25. The van der Waals surface area contributed by atoms with Crippen molar-refractivity contribution in [1.82, 2.24) is 14.8 Å². The van der Waals surface area contributed by atoms with E-state index in [0.717, 1.165) is 0 Å². The second-order valence-corrected chi connectivity index (χ2v) is 6.82. The molecule has 0 atom stereocenters. The molecule has 1 amide bonds. The molecule has 1 aromatic carbocycles.